The molecule has 0 heterocycles. The third-order valence-electron chi connectivity index (χ3n) is 3.74. The first kappa shape index (κ1) is 21.1. The summed E-state index contributed by atoms with van der Waals surface area (Å²) in [5, 5.41) is 3.36. The van der Waals surface area contributed by atoms with Gasteiger partial charge < -0.3 is 19.5 Å². The van der Waals surface area contributed by atoms with Crippen LogP contribution in [0.15, 0.2) is 36.4 Å². The average Bonchev–Trinajstić information content (AvgIpc) is 2.63. The van der Waals surface area contributed by atoms with Crippen molar-refractivity contribution in [2.75, 3.05) is 25.6 Å². The second-order valence-corrected chi connectivity index (χ2v) is 6.90. The predicted octanol–water partition coefficient (Wildman–Crippen LogP) is 5.17. The maximum Gasteiger partial charge on any atom is 0.255 e. The first-order valence-corrected chi connectivity index (χ1v) is 9.30. The van der Waals surface area contributed by atoms with Gasteiger partial charge in [0.1, 0.15) is 11.5 Å². The SMILES string of the molecule is CCOc1ccc(C(=O)Nc2cc(Cl)ccc2OC)cc1COCC(C)C. The second-order valence-electron chi connectivity index (χ2n) is 6.46. The summed E-state index contributed by atoms with van der Waals surface area (Å²) < 4.78 is 16.6. The zero-order valence-corrected chi connectivity index (χ0v) is 16.9. The lowest BCUT2D eigenvalue weighted by atomic mass is 10.1. The van der Waals surface area contributed by atoms with E-state index in [1.165, 1.54) is 0 Å². The van der Waals surface area contributed by atoms with Gasteiger partial charge in [0.15, 0.2) is 0 Å². The summed E-state index contributed by atoms with van der Waals surface area (Å²) in [6.45, 7) is 7.67. The van der Waals surface area contributed by atoms with Gasteiger partial charge in [-0.2, -0.15) is 0 Å². The van der Waals surface area contributed by atoms with Crippen molar-refractivity contribution in [3.8, 4) is 11.5 Å². The zero-order chi connectivity index (χ0) is 19.8. The van der Waals surface area contributed by atoms with E-state index in [2.05, 4.69) is 19.2 Å². The first-order valence-electron chi connectivity index (χ1n) is 8.93. The van der Waals surface area contributed by atoms with Crippen LogP contribution in [0.3, 0.4) is 0 Å². The number of methoxy groups -OCH3 is 1. The summed E-state index contributed by atoms with van der Waals surface area (Å²) in [6, 6.07) is 10.4. The van der Waals surface area contributed by atoms with Gasteiger partial charge in [-0.3, -0.25) is 4.79 Å². The minimum absolute atomic E-state index is 0.260. The number of carbonyl (C=O) groups excluding carboxylic acids is 1. The van der Waals surface area contributed by atoms with E-state index in [1.807, 2.05) is 6.92 Å². The molecule has 0 atom stereocenters. The number of hydrogen-bond donors (Lipinski definition) is 1. The normalized spacial score (nSPS) is 10.7. The summed E-state index contributed by atoms with van der Waals surface area (Å²) in [5.74, 6) is 1.43. The molecule has 146 valence electrons. The van der Waals surface area contributed by atoms with Crippen molar-refractivity contribution >= 4 is 23.2 Å². The molecule has 0 aliphatic rings. The Morgan fingerprint density at radius 1 is 1.15 bits per heavy atom. The van der Waals surface area contributed by atoms with Gasteiger partial charge in [0, 0.05) is 22.8 Å². The molecule has 2 aromatic carbocycles. The van der Waals surface area contributed by atoms with Crippen molar-refractivity contribution in [2.45, 2.75) is 27.4 Å². The minimum atomic E-state index is -0.260. The predicted molar refractivity (Wildman–Crippen MR) is 108 cm³/mol. The van der Waals surface area contributed by atoms with E-state index < -0.39 is 0 Å². The van der Waals surface area contributed by atoms with Gasteiger partial charge in [-0.1, -0.05) is 25.4 Å². The van der Waals surface area contributed by atoms with Crippen LogP contribution in [-0.2, 0) is 11.3 Å². The summed E-state index contributed by atoms with van der Waals surface area (Å²) >= 11 is 6.03. The smallest absolute Gasteiger partial charge is 0.255 e. The lowest BCUT2D eigenvalue weighted by Crippen LogP contribution is -2.14. The fourth-order valence-corrected chi connectivity index (χ4v) is 2.68. The molecule has 2 rings (SSSR count). The van der Waals surface area contributed by atoms with Crippen molar-refractivity contribution in [1.29, 1.82) is 0 Å². The molecule has 2 aromatic rings. The first-order chi connectivity index (χ1) is 12.9. The number of amides is 1. The quantitative estimate of drug-likeness (QED) is 0.640. The molecule has 0 aromatic heterocycles. The molecule has 0 radical (unpaired) electrons. The molecule has 0 unspecified atom stereocenters. The monoisotopic (exact) mass is 391 g/mol. The third kappa shape index (κ3) is 6.15. The maximum atomic E-state index is 12.7. The topological polar surface area (TPSA) is 56.8 Å². The molecule has 0 saturated heterocycles. The number of anilines is 1. The molecule has 0 saturated carbocycles. The Morgan fingerprint density at radius 2 is 1.89 bits per heavy atom. The van der Waals surface area contributed by atoms with E-state index in [0.717, 1.165) is 11.3 Å². The van der Waals surface area contributed by atoms with Crippen LogP contribution in [-0.4, -0.2) is 26.2 Å². The minimum Gasteiger partial charge on any atom is -0.495 e. The molecule has 1 amide bonds. The molecule has 6 heteroatoms. The lowest BCUT2D eigenvalue weighted by Gasteiger charge is -2.14. The van der Waals surface area contributed by atoms with Crippen molar-refractivity contribution < 1.29 is 19.0 Å². The number of rotatable bonds is 9. The molecule has 0 fully saturated rings. The van der Waals surface area contributed by atoms with Gasteiger partial charge in [0.2, 0.25) is 0 Å². The maximum absolute atomic E-state index is 12.7. The standard InChI is InChI=1S/C21H26ClNO4/c1-5-27-19-8-6-15(10-16(19)13-26-12-14(2)3)21(24)23-18-11-17(22)7-9-20(18)25-4/h6-11,14H,5,12-13H2,1-4H3,(H,23,24). The highest BCUT2D eigenvalue weighted by Crippen LogP contribution is 2.29. The summed E-state index contributed by atoms with van der Waals surface area (Å²) in [4.78, 5) is 12.7. The van der Waals surface area contributed by atoms with E-state index in [4.69, 9.17) is 25.8 Å². The fourth-order valence-electron chi connectivity index (χ4n) is 2.51. The van der Waals surface area contributed by atoms with Crippen LogP contribution in [0.25, 0.3) is 0 Å². The Labute approximate surface area is 165 Å². The van der Waals surface area contributed by atoms with E-state index in [-0.39, 0.29) is 5.91 Å². The van der Waals surface area contributed by atoms with Crippen LogP contribution < -0.4 is 14.8 Å². The Morgan fingerprint density at radius 3 is 2.56 bits per heavy atom. The molecule has 0 aliphatic carbocycles. The summed E-state index contributed by atoms with van der Waals surface area (Å²) in [7, 11) is 1.54. The van der Waals surface area contributed by atoms with Crippen LogP contribution >= 0.6 is 11.6 Å². The largest absolute Gasteiger partial charge is 0.495 e. The van der Waals surface area contributed by atoms with E-state index >= 15 is 0 Å². The number of hydrogen-bond acceptors (Lipinski definition) is 4. The zero-order valence-electron chi connectivity index (χ0n) is 16.2. The highest BCUT2D eigenvalue weighted by Gasteiger charge is 2.14. The van der Waals surface area contributed by atoms with Crippen LogP contribution in [0.5, 0.6) is 11.5 Å². The molecule has 5 nitrogen and oxygen atoms in total. The molecule has 0 aliphatic heterocycles. The molecule has 0 bridgehead atoms. The molecule has 0 spiro atoms. The molecular formula is C21H26ClNO4. The highest BCUT2D eigenvalue weighted by molar-refractivity contribution is 6.31. The molecule has 1 N–H and O–H groups in total. The number of ether oxygens (including phenoxy) is 3. The van der Waals surface area contributed by atoms with Gasteiger partial charge in [-0.25, -0.2) is 0 Å². The van der Waals surface area contributed by atoms with Crippen LogP contribution in [0.1, 0.15) is 36.7 Å². The second kappa shape index (κ2) is 10.2. The van der Waals surface area contributed by atoms with Crippen LogP contribution in [0, 0.1) is 5.92 Å². The van der Waals surface area contributed by atoms with Crippen LogP contribution in [0.4, 0.5) is 5.69 Å². The van der Waals surface area contributed by atoms with E-state index in [1.54, 1.807) is 43.5 Å². The van der Waals surface area contributed by atoms with Crippen LogP contribution in [0.2, 0.25) is 5.02 Å². The molecule has 27 heavy (non-hydrogen) atoms. The van der Waals surface area contributed by atoms with Gasteiger partial charge in [-0.15, -0.1) is 0 Å². The Kier molecular flexibility index (Phi) is 7.95. The Bertz CT molecular complexity index is 777. The van der Waals surface area contributed by atoms with Crippen molar-refractivity contribution in [2.24, 2.45) is 5.92 Å². The van der Waals surface area contributed by atoms with E-state index in [0.29, 0.717) is 47.8 Å². The summed E-state index contributed by atoms with van der Waals surface area (Å²) in [6.07, 6.45) is 0. The van der Waals surface area contributed by atoms with Crippen molar-refractivity contribution in [1.82, 2.24) is 0 Å². The highest BCUT2D eigenvalue weighted by atomic mass is 35.5. The van der Waals surface area contributed by atoms with Gasteiger partial charge >= 0.3 is 0 Å². The van der Waals surface area contributed by atoms with Crippen molar-refractivity contribution in [3.63, 3.8) is 0 Å². The lowest BCUT2D eigenvalue weighted by molar-refractivity contribution is 0.0948. The Balaban J connectivity index is 2.21. The number of benzene rings is 2. The fraction of sp³-hybridized carbons (Fsp3) is 0.381. The average molecular weight is 392 g/mol. The van der Waals surface area contributed by atoms with E-state index in [9.17, 15) is 4.79 Å². The Hall–Kier alpha value is -2.24. The number of halogens is 1. The summed E-state index contributed by atoms with van der Waals surface area (Å²) in [5.41, 5.74) is 1.85. The van der Waals surface area contributed by atoms with Crippen molar-refractivity contribution in [3.05, 3.63) is 52.5 Å². The van der Waals surface area contributed by atoms with Gasteiger partial charge in [0.05, 0.1) is 26.0 Å². The van der Waals surface area contributed by atoms with Gasteiger partial charge in [0.25, 0.3) is 5.91 Å². The van der Waals surface area contributed by atoms with Gasteiger partial charge in [-0.05, 0) is 49.2 Å². The number of nitrogens with one attached hydrogen (secondary N) is 1. The molecular weight excluding hydrogens is 366 g/mol. The third-order valence-corrected chi connectivity index (χ3v) is 3.98. The number of carbonyl (C=O) groups is 1.